The molecule has 3 heterocycles. The second-order valence-corrected chi connectivity index (χ2v) is 10.4. The summed E-state index contributed by atoms with van der Waals surface area (Å²) in [5.41, 5.74) is -1.14. The molecule has 0 spiro atoms. The van der Waals surface area contributed by atoms with E-state index < -0.39 is 30.0 Å². The van der Waals surface area contributed by atoms with Gasteiger partial charge in [0.15, 0.2) is 22.6 Å². The molecular weight excluding hydrogens is 517 g/mol. The maximum absolute atomic E-state index is 14.4. The van der Waals surface area contributed by atoms with Gasteiger partial charge < -0.3 is 19.9 Å². The quantitative estimate of drug-likeness (QED) is 0.117. The minimum absolute atomic E-state index is 0.0261. The van der Waals surface area contributed by atoms with Gasteiger partial charge in [-0.15, -0.1) is 6.42 Å². The van der Waals surface area contributed by atoms with E-state index in [1.54, 1.807) is 0 Å². The van der Waals surface area contributed by atoms with Crippen molar-refractivity contribution in [2.24, 2.45) is 0 Å². The summed E-state index contributed by atoms with van der Waals surface area (Å²) in [6.07, 6.45) is 17.5. The number of hydrogen-bond donors (Lipinski definition) is 2. The maximum Gasteiger partial charge on any atom is 0.312 e. The van der Waals surface area contributed by atoms with Crippen LogP contribution in [0.15, 0.2) is 6.33 Å². The third-order valence-electron chi connectivity index (χ3n) is 7.45. The van der Waals surface area contributed by atoms with Gasteiger partial charge in [-0.2, -0.15) is 14.4 Å². The van der Waals surface area contributed by atoms with E-state index >= 15 is 0 Å². The second kappa shape index (κ2) is 15.6. The molecular formula is C29H42FN5O5. The molecule has 11 heteroatoms. The summed E-state index contributed by atoms with van der Waals surface area (Å²) < 4.78 is 26.5. The number of nitrogens with one attached hydrogen (secondary N) is 1. The molecule has 0 aromatic carbocycles. The number of hydrogen-bond acceptors (Lipinski definition) is 8. The highest BCUT2D eigenvalue weighted by Crippen LogP contribution is 2.40. The Hall–Kier alpha value is -3.10. The Morgan fingerprint density at radius 3 is 2.42 bits per heavy atom. The third-order valence-corrected chi connectivity index (χ3v) is 7.45. The maximum atomic E-state index is 14.4. The molecule has 1 fully saturated rings. The Kier molecular flexibility index (Phi) is 12.3. The number of amides is 1. The largest absolute Gasteiger partial charge is 0.469 e. The van der Waals surface area contributed by atoms with E-state index in [1.807, 2.05) is 0 Å². The van der Waals surface area contributed by atoms with Gasteiger partial charge in [-0.1, -0.05) is 77.1 Å². The highest BCUT2D eigenvalue weighted by Gasteiger charge is 2.48. The minimum atomic E-state index is -1.42. The standard InChI is InChI=1S/C29H42FN5O5/c1-4-6-7-8-9-10-11-12-13-14-15-16-22(37)32-26-25-27(34-28(30)33-26)35(20-31-25)23-19-21(36)29(5-2,40-23)18-17-24(38)39-3/h2,20-21,23,36H,4,6-19H2,1,3H3,(H,32,33,34,37)/t21-,23+,29-/m0/s1. The van der Waals surface area contributed by atoms with Crippen molar-refractivity contribution in [2.45, 2.75) is 121 Å². The molecule has 2 aromatic rings. The highest BCUT2D eigenvalue weighted by molar-refractivity contribution is 5.96. The first kappa shape index (κ1) is 31.4. The lowest BCUT2D eigenvalue weighted by Gasteiger charge is -2.26. The van der Waals surface area contributed by atoms with Crippen molar-refractivity contribution >= 4 is 28.9 Å². The predicted molar refractivity (Wildman–Crippen MR) is 149 cm³/mol. The zero-order chi connectivity index (χ0) is 29.0. The molecule has 0 unspecified atom stereocenters. The number of aliphatic hydroxyl groups is 1. The number of rotatable bonds is 17. The second-order valence-electron chi connectivity index (χ2n) is 10.4. The molecule has 1 amide bonds. The summed E-state index contributed by atoms with van der Waals surface area (Å²) in [5.74, 6) is 1.69. The summed E-state index contributed by atoms with van der Waals surface area (Å²) in [5, 5.41) is 13.3. The number of anilines is 1. The lowest BCUT2D eigenvalue weighted by molar-refractivity contribution is -0.143. The fraction of sp³-hybridized carbons (Fsp3) is 0.690. The Bertz CT molecular complexity index is 1170. The molecule has 3 rings (SSSR count). The van der Waals surface area contributed by atoms with E-state index in [9.17, 15) is 19.1 Å². The van der Waals surface area contributed by atoms with Crippen molar-refractivity contribution in [2.75, 3.05) is 12.4 Å². The van der Waals surface area contributed by atoms with Gasteiger partial charge in [-0.25, -0.2) is 4.98 Å². The molecule has 3 atom stereocenters. The van der Waals surface area contributed by atoms with Gasteiger partial charge in [-0.05, 0) is 6.42 Å². The van der Waals surface area contributed by atoms with Gasteiger partial charge in [0.05, 0.1) is 19.5 Å². The first-order valence-corrected chi connectivity index (χ1v) is 14.4. The smallest absolute Gasteiger partial charge is 0.312 e. The summed E-state index contributed by atoms with van der Waals surface area (Å²) in [4.78, 5) is 36.1. The number of halogens is 1. The lowest BCUT2D eigenvalue weighted by atomic mass is 9.92. The summed E-state index contributed by atoms with van der Waals surface area (Å²) >= 11 is 0. The number of fused-ring (bicyclic) bond motifs is 1. The van der Waals surface area contributed by atoms with Crippen LogP contribution in [0.4, 0.5) is 10.2 Å². The van der Waals surface area contributed by atoms with Gasteiger partial charge in [0.25, 0.3) is 0 Å². The van der Waals surface area contributed by atoms with Crippen molar-refractivity contribution in [3.8, 4) is 12.3 Å². The van der Waals surface area contributed by atoms with Crippen LogP contribution in [0.5, 0.6) is 0 Å². The SMILES string of the molecule is C#C[C@@]1(CCC(=O)OC)O[C@@H](n2cnc3c(NC(=O)CCCCCCCCCCCCC)nc(F)nc32)C[C@@H]1O. The first-order valence-electron chi connectivity index (χ1n) is 14.4. The van der Waals surface area contributed by atoms with E-state index in [0.717, 1.165) is 19.3 Å². The molecule has 1 aliphatic heterocycles. The molecule has 40 heavy (non-hydrogen) atoms. The van der Waals surface area contributed by atoms with Gasteiger partial charge in [0.2, 0.25) is 5.91 Å². The number of esters is 1. The molecule has 2 aromatic heterocycles. The monoisotopic (exact) mass is 559 g/mol. The number of aromatic nitrogens is 4. The highest BCUT2D eigenvalue weighted by atomic mass is 19.1. The van der Waals surface area contributed by atoms with Crippen LogP contribution < -0.4 is 5.32 Å². The number of imidazole rings is 1. The number of methoxy groups -OCH3 is 1. The Morgan fingerprint density at radius 1 is 1.15 bits per heavy atom. The van der Waals surface area contributed by atoms with Crippen LogP contribution in [0, 0.1) is 18.4 Å². The van der Waals surface area contributed by atoms with Crippen LogP contribution in [0.1, 0.15) is 109 Å². The number of ether oxygens (including phenoxy) is 2. The van der Waals surface area contributed by atoms with Gasteiger partial charge >= 0.3 is 12.0 Å². The molecule has 0 bridgehead atoms. The summed E-state index contributed by atoms with van der Waals surface area (Å²) in [7, 11) is 1.26. The fourth-order valence-electron chi connectivity index (χ4n) is 5.07. The molecule has 10 nitrogen and oxygen atoms in total. The van der Waals surface area contributed by atoms with Crippen LogP contribution in [0.25, 0.3) is 11.2 Å². The Balaban J connectivity index is 1.53. The summed E-state index contributed by atoms with van der Waals surface area (Å²) in [6.45, 7) is 2.22. The molecule has 0 aliphatic carbocycles. The van der Waals surface area contributed by atoms with Gasteiger partial charge in [-0.3, -0.25) is 14.2 Å². The van der Waals surface area contributed by atoms with E-state index in [4.69, 9.17) is 11.2 Å². The van der Waals surface area contributed by atoms with Crippen molar-refractivity contribution in [1.29, 1.82) is 0 Å². The van der Waals surface area contributed by atoms with Crippen LogP contribution in [0.2, 0.25) is 0 Å². The molecule has 0 radical (unpaired) electrons. The number of carbonyl (C=O) groups excluding carboxylic acids is 2. The van der Waals surface area contributed by atoms with Gasteiger partial charge in [0.1, 0.15) is 6.23 Å². The zero-order valence-corrected chi connectivity index (χ0v) is 23.7. The Morgan fingerprint density at radius 2 is 1.80 bits per heavy atom. The number of unbranched alkanes of at least 4 members (excludes halogenated alkanes) is 10. The molecule has 1 saturated heterocycles. The number of carbonyl (C=O) groups is 2. The molecule has 0 saturated carbocycles. The zero-order valence-electron chi connectivity index (χ0n) is 23.7. The Labute approximate surface area is 235 Å². The number of terminal acetylenes is 1. The van der Waals surface area contributed by atoms with E-state index in [1.165, 1.54) is 69.4 Å². The van der Waals surface area contributed by atoms with Crippen LogP contribution >= 0.6 is 0 Å². The summed E-state index contributed by atoms with van der Waals surface area (Å²) in [6, 6.07) is 0. The molecule has 1 aliphatic rings. The van der Waals surface area contributed by atoms with E-state index in [0.29, 0.717) is 6.42 Å². The van der Waals surface area contributed by atoms with Crippen molar-refractivity contribution in [1.82, 2.24) is 19.5 Å². The predicted octanol–water partition coefficient (Wildman–Crippen LogP) is 5.21. The fourth-order valence-corrected chi connectivity index (χ4v) is 5.07. The third kappa shape index (κ3) is 8.45. The van der Waals surface area contributed by atoms with Crippen molar-refractivity contribution in [3.63, 3.8) is 0 Å². The van der Waals surface area contributed by atoms with Crippen LogP contribution in [-0.2, 0) is 19.1 Å². The van der Waals surface area contributed by atoms with Crippen molar-refractivity contribution in [3.05, 3.63) is 12.4 Å². The average Bonchev–Trinajstić information content (AvgIpc) is 3.51. The molecule has 220 valence electrons. The average molecular weight is 560 g/mol. The van der Waals surface area contributed by atoms with Crippen LogP contribution in [0.3, 0.4) is 0 Å². The number of aliphatic hydroxyl groups excluding tert-OH is 1. The lowest BCUT2D eigenvalue weighted by Crippen LogP contribution is -2.38. The van der Waals surface area contributed by atoms with Gasteiger partial charge in [0, 0.05) is 25.7 Å². The normalized spacial score (nSPS) is 20.5. The first-order chi connectivity index (χ1) is 19.3. The minimum Gasteiger partial charge on any atom is -0.469 e. The molecule has 2 N–H and O–H groups in total. The number of nitrogens with zero attached hydrogens (tertiary/aromatic N) is 4. The van der Waals surface area contributed by atoms with E-state index in [-0.39, 0.29) is 42.2 Å². The van der Waals surface area contributed by atoms with Crippen LogP contribution in [-0.4, -0.2) is 55.3 Å². The topological polar surface area (TPSA) is 128 Å². The van der Waals surface area contributed by atoms with E-state index in [2.05, 4.69) is 37.8 Å². The van der Waals surface area contributed by atoms with Crippen molar-refractivity contribution < 1.29 is 28.6 Å².